The molecule has 4 aliphatic carbocycles. The molecule has 4 saturated carbocycles. The molecule has 1 aromatic carbocycles. The van der Waals surface area contributed by atoms with Crippen LogP contribution in [0.25, 0.3) is 11.4 Å². The van der Waals surface area contributed by atoms with Gasteiger partial charge >= 0.3 is 0 Å². The molecule has 2 N–H and O–H groups in total. The van der Waals surface area contributed by atoms with E-state index in [1.807, 2.05) is 31.2 Å². The number of hydrogen-bond acceptors (Lipinski definition) is 3. The molecular weight excluding hydrogens is 312 g/mol. The Kier molecular flexibility index (Phi) is 3.27. The lowest BCUT2D eigenvalue weighted by Gasteiger charge is -2.55. The van der Waals surface area contributed by atoms with Crippen LogP contribution in [0.15, 0.2) is 24.3 Å². The molecule has 130 valence electrons. The Morgan fingerprint density at radius 1 is 1.16 bits per heavy atom. The summed E-state index contributed by atoms with van der Waals surface area (Å²) in [5, 5.41) is 10.3. The van der Waals surface area contributed by atoms with Crippen LogP contribution in [-0.2, 0) is 4.79 Å². The standard InChI is InChI=1S/C20H24N4O/c1-12-21-18(24-23-12)16-3-2-4-17(8-16)22-19(25)20-9-13-5-14(10-20)7-15(6-13)11-20/h2-4,8,13-15H,5-7,9-11H2,1H3,(H,22,25)(H,21,23,24). The lowest BCUT2D eigenvalue weighted by atomic mass is 9.49. The van der Waals surface area contributed by atoms with E-state index in [2.05, 4.69) is 20.5 Å². The molecule has 5 heteroatoms. The maximum Gasteiger partial charge on any atom is 0.230 e. The number of amides is 1. The first-order valence-corrected chi connectivity index (χ1v) is 9.40. The smallest absolute Gasteiger partial charge is 0.230 e. The fraction of sp³-hybridized carbons (Fsp3) is 0.550. The number of aromatic nitrogens is 3. The van der Waals surface area contributed by atoms with Gasteiger partial charge in [-0.05, 0) is 75.3 Å². The highest BCUT2D eigenvalue weighted by Crippen LogP contribution is 2.60. The van der Waals surface area contributed by atoms with Crippen LogP contribution < -0.4 is 5.32 Å². The summed E-state index contributed by atoms with van der Waals surface area (Å²) in [6, 6.07) is 7.86. The highest BCUT2D eigenvalue weighted by Gasteiger charge is 2.54. The molecule has 0 atom stereocenters. The molecular formula is C20H24N4O. The predicted molar refractivity (Wildman–Crippen MR) is 95.8 cm³/mol. The van der Waals surface area contributed by atoms with Gasteiger partial charge in [0.25, 0.3) is 0 Å². The van der Waals surface area contributed by atoms with E-state index in [0.29, 0.717) is 5.82 Å². The molecule has 1 aromatic heterocycles. The third-order valence-corrected chi connectivity index (χ3v) is 6.50. The van der Waals surface area contributed by atoms with Crippen LogP contribution in [0.3, 0.4) is 0 Å². The average molecular weight is 336 g/mol. The van der Waals surface area contributed by atoms with Crippen molar-refractivity contribution in [1.29, 1.82) is 0 Å². The number of hydrogen-bond donors (Lipinski definition) is 2. The van der Waals surface area contributed by atoms with E-state index in [1.54, 1.807) is 0 Å². The fourth-order valence-electron chi connectivity index (χ4n) is 5.86. The minimum Gasteiger partial charge on any atom is -0.326 e. The van der Waals surface area contributed by atoms with E-state index in [0.717, 1.165) is 54.1 Å². The van der Waals surface area contributed by atoms with E-state index in [4.69, 9.17) is 0 Å². The summed E-state index contributed by atoms with van der Waals surface area (Å²) in [5.74, 6) is 4.02. The molecule has 0 radical (unpaired) electrons. The summed E-state index contributed by atoms with van der Waals surface area (Å²) in [7, 11) is 0. The second-order valence-corrected chi connectivity index (χ2v) is 8.48. The van der Waals surface area contributed by atoms with Crippen molar-refractivity contribution in [3.05, 3.63) is 30.1 Å². The van der Waals surface area contributed by atoms with Crippen LogP contribution in [-0.4, -0.2) is 21.1 Å². The van der Waals surface area contributed by atoms with Gasteiger partial charge in [-0.25, -0.2) is 4.98 Å². The van der Waals surface area contributed by atoms with Crippen molar-refractivity contribution >= 4 is 11.6 Å². The van der Waals surface area contributed by atoms with E-state index in [9.17, 15) is 4.79 Å². The SMILES string of the molecule is Cc1nc(-c2cccc(NC(=O)C34CC5CC(CC(C5)C3)C4)c2)n[nH]1. The number of carbonyl (C=O) groups excluding carboxylic acids is 1. The Hall–Kier alpha value is -2.17. The minimum absolute atomic E-state index is 0.119. The first-order chi connectivity index (χ1) is 12.1. The van der Waals surface area contributed by atoms with Crippen LogP contribution >= 0.6 is 0 Å². The topological polar surface area (TPSA) is 70.7 Å². The number of benzene rings is 1. The number of nitrogens with zero attached hydrogens (tertiary/aromatic N) is 2. The molecule has 1 heterocycles. The Morgan fingerprint density at radius 3 is 2.44 bits per heavy atom. The molecule has 25 heavy (non-hydrogen) atoms. The first kappa shape index (κ1) is 15.1. The van der Waals surface area contributed by atoms with Crippen molar-refractivity contribution in [2.45, 2.75) is 45.4 Å². The van der Waals surface area contributed by atoms with E-state index < -0.39 is 0 Å². The molecule has 0 saturated heterocycles. The van der Waals surface area contributed by atoms with Gasteiger partial charge in [-0.2, -0.15) is 5.10 Å². The molecule has 2 aromatic rings. The number of carbonyl (C=O) groups is 1. The van der Waals surface area contributed by atoms with Crippen LogP contribution in [0, 0.1) is 30.1 Å². The van der Waals surface area contributed by atoms with Crippen molar-refractivity contribution < 1.29 is 4.79 Å². The summed E-state index contributed by atoms with van der Waals surface area (Å²) in [6.07, 6.45) is 7.32. The third-order valence-electron chi connectivity index (χ3n) is 6.50. The summed E-state index contributed by atoms with van der Waals surface area (Å²) in [6.45, 7) is 1.88. The summed E-state index contributed by atoms with van der Waals surface area (Å²) in [5.41, 5.74) is 1.65. The lowest BCUT2D eigenvalue weighted by molar-refractivity contribution is -0.140. The molecule has 4 fully saturated rings. The van der Waals surface area contributed by atoms with Gasteiger partial charge in [0, 0.05) is 11.3 Å². The second-order valence-electron chi connectivity index (χ2n) is 8.48. The first-order valence-electron chi connectivity index (χ1n) is 9.40. The Morgan fingerprint density at radius 2 is 1.84 bits per heavy atom. The van der Waals surface area contributed by atoms with Gasteiger partial charge in [0.1, 0.15) is 5.82 Å². The second kappa shape index (κ2) is 5.41. The van der Waals surface area contributed by atoms with Crippen LogP contribution in [0.4, 0.5) is 5.69 Å². The molecule has 4 bridgehead atoms. The minimum atomic E-state index is -0.119. The number of anilines is 1. The highest BCUT2D eigenvalue weighted by atomic mass is 16.2. The zero-order valence-electron chi connectivity index (χ0n) is 14.6. The van der Waals surface area contributed by atoms with E-state index in [1.165, 1.54) is 19.3 Å². The molecule has 4 aliphatic rings. The molecule has 0 aliphatic heterocycles. The highest BCUT2D eigenvalue weighted by molar-refractivity contribution is 5.96. The predicted octanol–water partition coefficient (Wildman–Crippen LogP) is 3.94. The molecule has 0 unspecified atom stereocenters. The average Bonchev–Trinajstić information content (AvgIpc) is 3.00. The van der Waals surface area contributed by atoms with Gasteiger partial charge in [-0.1, -0.05) is 12.1 Å². The van der Waals surface area contributed by atoms with Gasteiger partial charge < -0.3 is 5.32 Å². The number of nitrogens with one attached hydrogen (secondary N) is 2. The quantitative estimate of drug-likeness (QED) is 0.892. The third kappa shape index (κ3) is 2.57. The van der Waals surface area contributed by atoms with Crippen molar-refractivity contribution in [2.24, 2.45) is 23.2 Å². The van der Waals surface area contributed by atoms with Gasteiger partial charge in [0.2, 0.25) is 5.91 Å². The summed E-state index contributed by atoms with van der Waals surface area (Å²) < 4.78 is 0. The normalized spacial score (nSPS) is 32.8. The van der Waals surface area contributed by atoms with Crippen molar-refractivity contribution in [2.75, 3.05) is 5.32 Å². The zero-order valence-corrected chi connectivity index (χ0v) is 14.6. The Bertz CT molecular complexity index is 789. The van der Waals surface area contributed by atoms with Gasteiger partial charge in [0.15, 0.2) is 5.82 Å². The monoisotopic (exact) mass is 336 g/mol. The van der Waals surface area contributed by atoms with Crippen LogP contribution in [0.1, 0.15) is 44.3 Å². The maximum absolute atomic E-state index is 13.2. The molecule has 6 rings (SSSR count). The number of H-pyrrole nitrogens is 1. The number of rotatable bonds is 3. The van der Waals surface area contributed by atoms with Gasteiger partial charge in [0.05, 0.1) is 5.41 Å². The molecule has 1 amide bonds. The lowest BCUT2D eigenvalue weighted by Crippen LogP contribution is -2.51. The number of aromatic amines is 1. The summed E-state index contributed by atoms with van der Waals surface area (Å²) in [4.78, 5) is 17.5. The van der Waals surface area contributed by atoms with E-state index >= 15 is 0 Å². The Balaban J connectivity index is 1.38. The van der Waals surface area contributed by atoms with Crippen molar-refractivity contribution in [3.8, 4) is 11.4 Å². The van der Waals surface area contributed by atoms with E-state index in [-0.39, 0.29) is 11.3 Å². The Labute approximate surface area is 147 Å². The maximum atomic E-state index is 13.2. The van der Waals surface area contributed by atoms with Crippen LogP contribution in [0.5, 0.6) is 0 Å². The van der Waals surface area contributed by atoms with Gasteiger partial charge in [-0.15, -0.1) is 0 Å². The van der Waals surface area contributed by atoms with Gasteiger partial charge in [-0.3, -0.25) is 9.89 Å². The zero-order chi connectivity index (χ0) is 17.0. The largest absolute Gasteiger partial charge is 0.326 e. The summed E-state index contributed by atoms with van der Waals surface area (Å²) >= 11 is 0. The number of aryl methyl sites for hydroxylation is 1. The molecule has 5 nitrogen and oxygen atoms in total. The molecule has 0 spiro atoms. The van der Waals surface area contributed by atoms with Crippen molar-refractivity contribution in [1.82, 2.24) is 15.2 Å². The van der Waals surface area contributed by atoms with Crippen molar-refractivity contribution in [3.63, 3.8) is 0 Å². The fourth-order valence-corrected chi connectivity index (χ4v) is 5.86. The van der Waals surface area contributed by atoms with Crippen LogP contribution in [0.2, 0.25) is 0 Å².